The van der Waals surface area contributed by atoms with Gasteiger partial charge in [-0.05, 0) is 31.9 Å². The van der Waals surface area contributed by atoms with Gasteiger partial charge >= 0.3 is 0 Å². The number of aliphatic hydroxyl groups is 1. The molecule has 7 nitrogen and oxygen atoms in total. The minimum atomic E-state index is 0.00793. The first kappa shape index (κ1) is 19.1. The van der Waals surface area contributed by atoms with Gasteiger partial charge in [-0.3, -0.25) is 9.69 Å². The fraction of sp³-hybridized carbons (Fsp3) is 0.684. The molecule has 2 N–H and O–H groups in total. The summed E-state index contributed by atoms with van der Waals surface area (Å²) in [4.78, 5) is 21.3. The Balaban J connectivity index is 1.65. The maximum atomic E-state index is 12.9. The summed E-state index contributed by atoms with van der Waals surface area (Å²) in [7, 11) is 1.79. The number of aliphatic hydroxyl groups excluding tert-OH is 1. The number of aromatic nitrogens is 1. The smallest absolute Gasteiger partial charge is 0.254 e. The lowest BCUT2D eigenvalue weighted by Crippen LogP contribution is -2.48. The number of anilines is 1. The summed E-state index contributed by atoms with van der Waals surface area (Å²) in [6, 6.07) is 3.52. The molecule has 1 aromatic heterocycles. The number of hydrogen-bond acceptors (Lipinski definition) is 6. The Kier molecular flexibility index (Phi) is 6.11. The van der Waals surface area contributed by atoms with Gasteiger partial charge in [-0.2, -0.15) is 0 Å². The molecule has 144 valence electrons. The largest absolute Gasteiger partial charge is 0.396 e. The molecule has 1 aromatic rings. The van der Waals surface area contributed by atoms with Crippen LogP contribution in [-0.4, -0.2) is 84.4 Å². The third-order valence-corrected chi connectivity index (χ3v) is 5.35. The topological polar surface area (TPSA) is 77.9 Å². The van der Waals surface area contributed by atoms with E-state index in [1.165, 1.54) is 0 Å². The highest BCUT2D eigenvalue weighted by atomic mass is 16.5. The number of carbonyl (C=O) groups is 1. The number of morpholine rings is 1. The molecule has 0 radical (unpaired) electrons. The third-order valence-electron chi connectivity index (χ3n) is 5.35. The van der Waals surface area contributed by atoms with Crippen molar-refractivity contribution in [3.63, 3.8) is 0 Å². The fourth-order valence-electron chi connectivity index (χ4n) is 4.17. The van der Waals surface area contributed by atoms with Crippen LogP contribution in [0.15, 0.2) is 18.3 Å². The zero-order chi connectivity index (χ0) is 18.7. The number of likely N-dealkylation sites (tertiary alicyclic amines) is 1. The second kappa shape index (κ2) is 8.33. The number of carbonyl (C=O) groups excluding carboxylic acids is 1. The van der Waals surface area contributed by atoms with Gasteiger partial charge in [0, 0.05) is 64.1 Å². The molecule has 7 heteroatoms. The van der Waals surface area contributed by atoms with Crippen molar-refractivity contribution in [1.29, 1.82) is 0 Å². The molecule has 1 amide bonds. The van der Waals surface area contributed by atoms with Gasteiger partial charge in [-0.15, -0.1) is 0 Å². The van der Waals surface area contributed by atoms with E-state index in [4.69, 9.17) is 4.74 Å². The van der Waals surface area contributed by atoms with Crippen molar-refractivity contribution in [2.75, 3.05) is 51.7 Å². The second-order valence-electron chi connectivity index (χ2n) is 7.57. The van der Waals surface area contributed by atoms with Crippen molar-refractivity contribution in [3.05, 3.63) is 23.9 Å². The Labute approximate surface area is 155 Å². The van der Waals surface area contributed by atoms with E-state index in [9.17, 15) is 9.90 Å². The van der Waals surface area contributed by atoms with E-state index in [1.807, 2.05) is 4.90 Å². The van der Waals surface area contributed by atoms with E-state index in [1.54, 1.807) is 25.4 Å². The van der Waals surface area contributed by atoms with Crippen LogP contribution in [0.5, 0.6) is 0 Å². The third kappa shape index (κ3) is 4.34. The molecule has 3 heterocycles. The Morgan fingerprint density at radius 3 is 2.62 bits per heavy atom. The first-order chi connectivity index (χ1) is 12.5. The average Bonchev–Trinajstić information content (AvgIpc) is 3.03. The van der Waals surface area contributed by atoms with Crippen LogP contribution in [-0.2, 0) is 4.74 Å². The maximum Gasteiger partial charge on any atom is 0.254 e. The predicted molar refractivity (Wildman–Crippen MR) is 100 cm³/mol. The molecule has 0 aromatic carbocycles. The number of hydrogen-bond donors (Lipinski definition) is 2. The lowest BCUT2D eigenvalue weighted by atomic mass is 9.96. The summed E-state index contributed by atoms with van der Waals surface area (Å²) in [6.07, 6.45) is 2.09. The molecule has 4 atom stereocenters. The van der Waals surface area contributed by atoms with Crippen molar-refractivity contribution in [2.45, 2.75) is 26.1 Å². The Morgan fingerprint density at radius 1 is 1.27 bits per heavy atom. The Hall–Kier alpha value is -1.70. The van der Waals surface area contributed by atoms with Crippen LogP contribution in [0.25, 0.3) is 0 Å². The number of amides is 1. The van der Waals surface area contributed by atoms with Crippen LogP contribution in [0.4, 0.5) is 5.82 Å². The fourth-order valence-corrected chi connectivity index (χ4v) is 4.17. The minimum absolute atomic E-state index is 0.00793. The van der Waals surface area contributed by atoms with Crippen LogP contribution in [0, 0.1) is 11.8 Å². The van der Waals surface area contributed by atoms with Crippen LogP contribution in [0.1, 0.15) is 24.2 Å². The van der Waals surface area contributed by atoms with Crippen molar-refractivity contribution in [2.24, 2.45) is 11.8 Å². The summed E-state index contributed by atoms with van der Waals surface area (Å²) in [5, 5.41) is 12.8. The molecule has 26 heavy (non-hydrogen) atoms. The lowest BCUT2D eigenvalue weighted by molar-refractivity contribution is -0.0726. The van der Waals surface area contributed by atoms with E-state index >= 15 is 0 Å². The first-order valence-corrected chi connectivity index (χ1v) is 9.42. The molecule has 2 fully saturated rings. The number of nitrogens with one attached hydrogen (secondary N) is 1. The average molecular weight is 362 g/mol. The summed E-state index contributed by atoms with van der Waals surface area (Å²) in [5.74, 6) is 1.10. The highest BCUT2D eigenvalue weighted by Gasteiger charge is 2.37. The number of nitrogens with zero attached hydrogens (tertiary/aromatic N) is 3. The van der Waals surface area contributed by atoms with Gasteiger partial charge < -0.3 is 20.1 Å². The SMILES string of the molecule is CNc1cc(C(=O)N2C[C@@H](CN3C[C@@H](C)O[C@@H](C)C3)[C@@H](CO)C2)ccn1. The van der Waals surface area contributed by atoms with E-state index in [-0.39, 0.29) is 36.6 Å². The van der Waals surface area contributed by atoms with Gasteiger partial charge in [0.15, 0.2) is 0 Å². The molecule has 0 bridgehead atoms. The summed E-state index contributed by atoms with van der Waals surface area (Å²) in [6.45, 7) is 8.30. The van der Waals surface area contributed by atoms with Crippen molar-refractivity contribution in [3.8, 4) is 0 Å². The first-order valence-electron chi connectivity index (χ1n) is 9.42. The van der Waals surface area contributed by atoms with E-state index in [0.29, 0.717) is 24.5 Å². The van der Waals surface area contributed by atoms with E-state index < -0.39 is 0 Å². The molecule has 0 spiro atoms. The van der Waals surface area contributed by atoms with Crippen LogP contribution in [0.3, 0.4) is 0 Å². The Bertz CT molecular complexity index is 617. The zero-order valence-electron chi connectivity index (χ0n) is 15.9. The standard InChI is InChI=1S/C19H30N4O3/c1-13-7-22(8-14(2)26-13)9-16-10-23(11-17(16)12-24)19(25)15-4-5-21-18(6-15)20-3/h4-6,13-14,16-17,24H,7-12H2,1-3H3,(H,20,21)/t13-,14+,16-,17-/m1/s1. The van der Waals surface area contributed by atoms with Crippen LogP contribution in [0.2, 0.25) is 0 Å². The minimum Gasteiger partial charge on any atom is -0.396 e. The van der Waals surface area contributed by atoms with Gasteiger partial charge in [-0.25, -0.2) is 4.98 Å². The monoisotopic (exact) mass is 362 g/mol. The molecule has 2 saturated heterocycles. The van der Waals surface area contributed by atoms with Gasteiger partial charge in [0.1, 0.15) is 5.82 Å². The molecular formula is C19H30N4O3. The normalized spacial score (nSPS) is 29.8. The van der Waals surface area contributed by atoms with Crippen LogP contribution < -0.4 is 5.32 Å². The summed E-state index contributed by atoms with van der Waals surface area (Å²) in [5.41, 5.74) is 0.635. The van der Waals surface area contributed by atoms with Crippen molar-refractivity contribution in [1.82, 2.24) is 14.8 Å². The van der Waals surface area contributed by atoms with Gasteiger partial charge in [0.2, 0.25) is 0 Å². The Morgan fingerprint density at radius 2 is 1.96 bits per heavy atom. The van der Waals surface area contributed by atoms with E-state index in [2.05, 4.69) is 29.0 Å². The highest BCUT2D eigenvalue weighted by Crippen LogP contribution is 2.27. The second-order valence-corrected chi connectivity index (χ2v) is 7.57. The molecular weight excluding hydrogens is 332 g/mol. The van der Waals surface area contributed by atoms with Gasteiger partial charge in [-0.1, -0.05) is 0 Å². The maximum absolute atomic E-state index is 12.9. The summed E-state index contributed by atoms with van der Waals surface area (Å²) >= 11 is 0. The number of rotatable bonds is 5. The zero-order valence-corrected chi connectivity index (χ0v) is 15.9. The van der Waals surface area contributed by atoms with Crippen molar-refractivity contribution < 1.29 is 14.6 Å². The summed E-state index contributed by atoms with van der Waals surface area (Å²) < 4.78 is 5.81. The quantitative estimate of drug-likeness (QED) is 0.811. The number of pyridine rings is 1. The predicted octanol–water partition coefficient (Wildman–Crippen LogP) is 0.913. The molecule has 0 saturated carbocycles. The van der Waals surface area contributed by atoms with Crippen LogP contribution >= 0.6 is 0 Å². The van der Waals surface area contributed by atoms with Gasteiger partial charge in [0.05, 0.1) is 12.2 Å². The molecule has 2 aliphatic heterocycles. The molecule has 3 rings (SSSR count). The number of ether oxygens (including phenoxy) is 1. The molecule has 0 unspecified atom stereocenters. The van der Waals surface area contributed by atoms with Crippen molar-refractivity contribution >= 4 is 11.7 Å². The van der Waals surface area contributed by atoms with E-state index in [0.717, 1.165) is 19.6 Å². The highest BCUT2D eigenvalue weighted by molar-refractivity contribution is 5.95. The van der Waals surface area contributed by atoms with Gasteiger partial charge in [0.25, 0.3) is 5.91 Å². The lowest BCUT2D eigenvalue weighted by Gasteiger charge is -2.37. The molecule has 2 aliphatic rings. The molecule has 0 aliphatic carbocycles.